The normalized spacial score (nSPS) is 23.3. The largest absolute Gasteiger partial charge is 0.456 e. The molecule has 1 aliphatic rings. The van der Waals surface area contributed by atoms with Gasteiger partial charge in [0.15, 0.2) is 0 Å². The smallest absolute Gasteiger partial charge is 0.338 e. The zero-order valence-corrected chi connectivity index (χ0v) is 23.4. The number of esters is 1. The topological polar surface area (TPSA) is 107 Å². The Morgan fingerprint density at radius 2 is 1.95 bits per heavy atom. The summed E-state index contributed by atoms with van der Waals surface area (Å²) in [6.45, 7) is 1.75. The van der Waals surface area contributed by atoms with Gasteiger partial charge in [0.25, 0.3) is 0 Å². The van der Waals surface area contributed by atoms with E-state index in [0.29, 0.717) is 31.2 Å². The highest BCUT2D eigenvalue weighted by atomic mass is 35.5. The van der Waals surface area contributed by atoms with E-state index in [1.807, 2.05) is 37.3 Å². The van der Waals surface area contributed by atoms with Gasteiger partial charge in [0, 0.05) is 22.1 Å². The van der Waals surface area contributed by atoms with Gasteiger partial charge in [-0.15, -0.1) is 11.3 Å². The molecule has 1 aromatic carbocycles. The molecule has 0 amide bonds. The molecule has 1 aromatic heterocycles. The van der Waals surface area contributed by atoms with E-state index in [2.05, 4.69) is 0 Å². The standard InChI is InChI=1S/C30H39ClO6S/c1-20-27(31)17-24(38-20)15-13-22(33)14-16-26-25(28(34)18-29(26)35)12-8-3-2-7-11-23(19-32)37-30(36)21-9-5-4-6-10-21/h3-6,8-10,14,16-17,22-23,25-26,28-29,32-35H,2,7,11-13,15,18-19H2,1H3/b8-3-,16-14+/t22-,23+,25+,26+,28-,29+/m0/s1. The zero-order valence-electron chi connectivity index (χ0n) is 21.8. The highest BCUT2D eigenvalue weighted by molar-refractivity contribution is 7.12. The number of halogens is 1. The van der Waals surface area contributed by atoms with Gasteiger partial charge >= 0.3 is 5.97 Å². The number of unbranched alkanes of at least 4 members (excludes halogenated alkanes) is 1. The second-order valence-corrected chi connectivity index (χ2v) is 11.7. The minimum atomic E-state index is -0.643. The van der Waals surface area contributed by atoms with Crippen molar-refractivity contribution < 1.29 is 30.0 Å². The quantitative estimate of drug-likeness (QED) is 0.142. The SMILES string of the molecule is Cc1sc(CC[C@H](O)/C=C/[C@@H]2[C@@H](C/C=C\CCC[C@H](CO)OC(=O)c3ccccc3)[C@@H](O)C[C@H]2O)cc1Cl. The van der Waals surface area contributed by atoms with Gasteiger partial charge < -0.3 is 25.2 Å². The predicted molar refractivity (Wildman–Crippen MR) is 151 cm³/mol. The van der Waals surface area contributed by atoms with Crippen molar-refractivity contribution in [1.82, 2.24) is 0 Å². The number of aliphatic hydroxyl groups is 4. The number of aryl methyl sites for hydroxylation is 2. The minimum absolute atomic E-state index is 0.125. The predicted octanol–water partition coefficient (Wildman–Crippen LogP) is 5.25. The summed E-state index contributed by atoms with van der Waals surface area (Å²) in [5, 5.41) is 41.7. The van der Waals surface area contributed by atoms with Gasteiger partial charge in [0.05, 0.1) is 35.5 Å². The Labute approximate surface area is 234 Å². The lowest BCUT2D eigenvalue weighted by Crippen LogP contribution is -2.22. The Balaban J connectivity index is 1.41. The first-order chi connectivity index (χ1) is 18.3. The molecule has 0 bridgehead atoms. The van der Waals surface area contributed by atoms with Gasteiger partial charge in [-0.2, -0.15) is 0 Å². The van der Waals surface area contributed by atoms with Gasteiger partial charge in [-0.3, -0.25) is 0 Å². The van der Waals surface area contributed by atoms with Gasteiger partial charge in [0.2, 0.25) is 0 Å². The molecule has 4 N–H and O–H groups in total. The molecule has 0 radical (unpaired) electrons. The fourth-order valence-electron chi connectivity index (χ4n) is 4.81. The third-order valence-corrected chi connectivity index (χ3v) is 8.64. The van der Waals surface area contributed by atoms with Gasteiger partial charge in [0.1, 0.15) is 6.10 Å². The van der Waals surface area contributed by atoms with Crippen LogP contribution in [-0.2, 0) is 11.2 Å². The lowest BCUT2D eigenvalue weighted by atomic mass is 9.89. The average molecular weight is 563 g/mol. The first kappa shape index (κ1) is 30.5. The third kappa shape index (κ3) is 9.33. The molecular weight excluding hydrogens is 524 g/mol. The lowest BCUT2D eigenvalue weighted by molar-refractivity contribution is 0.0110. The third-order valence-electron chi connectivity index (χ3n) is 7.02. The molecule has 6 atom stereocenters. The maximum absolute atomic E-state index is 12.2. The summed E-state index contributed by atoms with van der Waals surface area (Å²) in [6.07, 6.45) is 9.45. The van der Waals surface area contributed by atoms with Crippen molar-refractivity contribution in [2.24, 2.45) is 11.8 Å². The van der Waals surface area contributed by atoms with Crippen molar-refractivity contribution in [3.8, 4) is 0 Å². The number of hydrogen-bond acceptors (Lipinski definition) is 7. The van der Waals surface area contributed by atoms with E-state index in [-0.39, 0.29) is 18.4 Å². The summed E-state index contributed by atoms with van der Waals surface area (Å²) in [5.74, 6) is -0.788. The van der Waals surface area contributed by atoms with Crippen LogP contribution in [0.25, 0.3) is 0 Å². The number of rotatable bonds is 14. The van der Waals surface area contributed by atoms with Crippen LogP contribution < -0.4 is 0 Å². The molecule has 1 saturated carbocycles. The van der Waals surface area contributed by atoms with Crippen LogP contribution in [-0.4, -0.2) is 57.4 Å². The summed E-state index contributed by atoms with van der Waals surface area (Å²) in [6, 6.07) is 10.7. The first-order valence-corrected chi connectivity index (χ1v) is 14.5. The maximum atomic E-state index is 12.2. The molecule has 1 aliphatic carbocycles. The minimum Gasteiger partial charge on any atom is -0.456 e. The number of ether oxygens (including phenoxy) is 1. The van der Waals surface area contributed by atoms with E-state index in [1.54, 1.807) is 41.7 Å². The molecule has 3 rings (SSSR count). The monoisotopic (exact) mass is 562 g/mol. The van der Waals surface area contributed by atoms with Crippen LogP contribution >= 0.6 is 22.9 Å². The highest BCUT2D eigenvalue weighted by Gasteiger charge is 2.39. The molecule has 208 valence electrons. The van der Waals surface area contributed by atoms with E-state index in [1.165, 1.54) is 0 Å². The summed E-state index contributed by atoms with van der Waals surface area (Å²) in [5.41, 5.74) is 0.460. The van der Waals surface area contributed by atoms with Crippen molar-refractivity contribution in [3.63, 3.8) is 0 Å². The number of thiophene rings is 1. The summed E-state index contributed by atoms with van der Waals surface area (Å²) < 4.78 is 5.40. The van der Waals surface area contributed by atoms with Crippen LogP contribution in [0, 0.1) is 18.8 Å². The zero-order chi connectivity index (χ0) is 27.5. The number of carbonyl (C=O) groups is 1. The van der Waals surface area contributed by atoms with Crippen molar-refractivity contribution in [2.75, 3.05) is 6.61 Å². The maximum Gasteiger partial charge on any atom is 0.338 e. The van der Waals surface area contributed by atoms with Crippen LogP contribution in [0.2, 0.25) is 5.02 Å². The van der Waals surface area contributed by atoms with Crippen LogP contribution in [0.3, 0.4) is 0 Å². The highest BCUT2D eigenvalue weighted by Crippen LogP contribution is 2.36. The molecule has 1 heterocycles. The fourth-order valence-corrected chi connectivity index (χ4v) is 6.06. The Kier molecular flexibility index (Phi) is 12.5. The molecule has 1 fully saturated rings. The number of hydrogen-bond donors (Lipinski definition) is 4. The molecule has 0 aliphatic heterocycles. The molecule has 38 heavy (non-hydrogen) atoms. The Morgan fingerprint density at radius 1 is 1.18 bits per heavy atom. The second-order valence-electron chi connectivity index (χ2n) is 9.93. The van der Waals surface area contributed by atoms with E-state index in [0.717, 1.165) is 34.0 Å². The van der Waals surface area contributed by atoms with E-state index in [4.69, 9.17) is 16.3 Å². The molecule has 0 spiro atoms. The molecular formula is C30H39ClO6S. The molecule has 0 unspecified atom stereocenters. The molecule has 2 aromatic rings. The average Bonchev–Trinajstić information content (AvgIpc) is 3.38. The van der Waals surface area contributed by atoms with Crippen molar-refractivity contribution >= 4 is 28.9 Å². The summed E-state index contributed by atoms with van der Waals surface area (Å²) >= 11 is 7.75. The molecule has 6 nitrogen and oxygen atoms in total. The van der Waals surface area contributed by atoms with Crippen LogP contribution in [0.15, 0.2) is 60.7 Å². The Bertz CT molecular complexity index is 1030. The van der Waals surface area contributed by atoms with E-state index < -0.39 is 30.4 Å². The van der Waals surface area contributed by atoms with E-state index in [9.17, 15) is 25.2 Å². The van der Waals surface area contributed by atoms with Crippen molar-refractivity contribution in [1.29, 1.82) is 0 Å². The fraction of sp³-hybridized carbons (Fsp3) is 0.500. The molecule has 0 saturated heterocycles. The van der Waals surface area contributed by atoms with E-state index >= 15 is 0 Å². The summed E-state index contributed by atoms with van der Waals surface area (Å²) in [4.78, 5) is 14.4. The van der Waals surface area contributed by atoms with Crippen molar-refractivity contribution in [3.05, 3.63) is 81.0 Å². The Morgan fingerprint density at radius 3 is 2.63 bits per heavy atom. The van der Waals surface area contributed by atoms with Gasteiger partial charge in [-0.25, -0.2) is 4.79 Å². The van der Waals surface area contributed by atoms with Crippen LogP contribution in [0.1, 0.15) is 58.6 Å². The first-order valence-electron chi connectivity index (χ1n) is 13.3. The lowest BCUT2D eigenvalue weighted by Gasteiger charge is -2.19. The number of benzene rings is 1. The van der Waals surface area contributed by atoms with Crippen LogP contribution in [0.4, 0.5) is 0 Å². The number of allylic oxidation sites excluding steroid dienone is 2. The van der Waals surface area contributed by atoms with Gasteiger partial charge in [-0.1, -0.05) is 54.1 Å². The summed E-state index contributed by atoms with van der Waals surface area (Å²) in [7, 11) is 0. The van der Waals surface area contributed by atoms with Crippen LogP contribution in [0.5, 0.6) is 0 Å². The number of aliphatic hydroxyl groups excluding tert-OH is 4. The Hall–Kier alpha value is -2.00. The van der Waals surface area contributed by atoms with Gasteiger partial charge in [-0.05, 0) is 69.6 Å². The second kappa shape index (κ2) is 15.6. The number of carbonyl (C=O) groups excluding carboxylic acids is 1. The van der Waals surface area contributed by atoms with Crippen molar-refractivity contribution in [2.45, 2.75) is 76.3 Å². The molecule has 8 heteroatoms.